The third-order valence-corrected chi connectivity index (χ3v) is 4.36. The van der Waals surface area contributed by atoms with E-state index in [1.165, 1.54) is 0 Å². The molecule has 1 fully saturated rings. The second-order valence-corrected chi connectivity index (χ2v) is 6.34. The van der Waals surface area contributed by atoms with Crippen molar-refractivity contribution in [2.45, 2.75) is 31.7 Å². The average molecular weight is 275 g/mol. The van der Waals surface area contributed by atoms with Crippen LogP contribution in [0, 0.1) is 0 Å². The average Bonchev–Trinajstić information content (AvgIpc) is 2.51. The van der Waals surface area contributed by atoms with E-state index < -0.39 is 22.1 Å². The molecule has 1 aliphatic rings. The zero-order valence-corrected chi connectivity index (χ0v) is 10.3. The van der Waals surface area contributed by atoms with Crippen LogP contribution in [0.25, 0.3) is 0 Å². The SMILES string of the molecule is CC(OCCNC1CCS(=O)(=O)C1)C(F)(F)F. The van der Waals surface area contributed by atoms with Crippen molar-refractivity contribution in [3.05, 3.63) is 0 Å². The maximum atomic E-state index is 12.1. The highest BCUT2D eigenvalue weighted by Gasteiger charge is 2.36. The molecule has 0 spiro atoms. The normalized spacial score (nSPS) is 26.0. The van der Waals surface area contributed by atoms with Gasteiger partial charge in [0.05, 0.1) is 18.1 Å². The first kappa shape index (κ1) is 14.7. The standard InChI is InChI=1S/C9H16F3NO3S/c1-7(9(10,11)12)16-4-3-13-8-2-5-17(14,15)6-8/h7-8,13H,2-6H2,1H3. The van der Waals surface area contributed by atoms with E-state index in [2.05, 4.69) is 10.1 Å². The Morgan fingerprint density at radius 3 is 2.59 bits per heavy atom. The molecular formula is C9H16F3NO3S. The lowest BCUT2D eigenvalue weighted by atomic mass is 10.3. The monoisotopic (exact) mass is 275 g/mol. The van der Waals surface area contributed by atoms with Gasteiger partial charge in [0.15, 0.2) is 15.9 Å². The molecule has 0 bridgehead atoms. The number of alkyl halides is 3. The number of halogens is 3. The Balaban J connectivity index is 2.14. The summed E-state index contributed by atoms with van der Waals surface area (Å²) in [4.78, 5) is 0. The van der Waals surface area contributed by atoms with Crippen molar-refractivity contribution in [1.82, 2.24) is 5.32 Å². The van der Waals surface area contributed by atoms with Crippen molar-refractivity contribution in [1.29, 1.82) is 0 Å². The molecule has 1 rings (SSSR count). The van der Waals surface area contributed by atoms with Gasteiger partial charge in [0.25, 0.3) is 0 Å². The van der Waals surface area contributed by atoms with Crippen molar-refractivity contribution in [3.63, 3.8) is 0 Å². The summed E-state index contributed by atoms with van der Waals surface area (Å²) in [5.41, 5.74) is 0. The molecule has 1 N–H and O–H groups in total. The molecule has 4 nitrogen and oxygen atoms in total. The summed E-state index contributed by atoms with van der Waals surface area (Å²) >= 11 is 0. The van der Waals surface area contributed by atoms with Crippen LogP contribution in [0.3, 0.4) is 0 Å². The van der Waals surface area contributed by atoms with Crippen molar-refractivity contribution in [3.8, 4) is 0 Å². The zero-order valence-electron chi connectivity index (χ0n) is 9.46. The van der Waals surface area contributed by atoms with E-state index in [9.17, 15) is 21.6 Å². The molecule has 0 aliphatic carbocycles. The Labute approximate surface area is 98.4 Å². The summed E-state index contributed by atoms with van der Waals surface area (Å²) in [6.45, 7) is 1.08. The van der Waals surface area contributed by atoms with Crippen LogP contribution in [0.1, 0.15) is 13.3 Å². The Kier molecular flexibility index (Phi) is 4.79. The van der Waals surface area contributed by atoms with Crippen LogP contribution in [-0.4, -0.2) is 51.4 Å². The van der Waals surface area contributed by atoms with E-state index in [0.717, 1.165) is 6.92 Å². The predicted octanol–water partition coefficient (Wildman–Crippen LogP) is 0.730. The Hall–Kier alpha value is -0.340. The Morgan fingerprint density at radius 1 is 1.47 bits per heavy atom. The lowest BCUT2D eigenvalue weighted by Crippen LogP contribution is -2.35. The molecule has 2 unspecified atom stereocenters. The van der Waals surface area contributed by atoms with Crippen molar-refractivity contribution in [2.24, 2.45) is 0 Å². The molecule has 1 heterocycles. The van der Waals surface area contributed by atoms with Gasteiger partial charge in [-0.1, -0.05) is 0 Å². The number of ether oxygens (including phenoxy) is 1. The highest BCUT2D eigenvalue weighted by molar-refractivity contribution is 7.91. The number of sulfone groups is 1. The van der Waals surface area contributed by atoms with Gasteiger partial charge in [-0.2, -0.15) is 13.2 Å². The second-order valence-electron chi connectivity index (χ2n) is 4.11. The van der Waals surface area contributed by atoms with E-state index in [4.69, 9.17) is 0 Å². The van der Waals surface area contributed by atoms with Gasteiger partial charge in [-0.25, -0.2) is 8.42 Å². The zero-order chi connectivity index (χ0) is 13.1. The number of hydrogen-bond acceptors (Lipinski definition) is 4. The van der Waals surface area contributed by atoms with Crippen LogP contribution >= 0.6 is 0 Å². The minimum absolute atomic E-state index is 0.0574. The first-order chi connectivity index (χ1) is 7.71. The molecular weight excluding hydrogens is 259 g/mol. The maximum Gasteiger partial charge on any atom is 0.414 e. The smallest absolute Gasteiger partial charge is 0.368 e. The molecule has 0 saturated carbocycles. The lowest BCUT2D eigenvalue weighted by molar-refractivity contribution is -0.213. The summed E-state index contributed by atoms with van der Waals surface area (Å²) in [6, 6.07) is -0.162. The molecule has 102 valence electrons. The molecule has 1 saturated heterocycles. The van der Waals surface area contributed by atoms with Crippen LogP contribution in [0.4, 0.5) is 13.2 Å². The number of rotatable bonds is 5. The third kappa shape index (κ3) is 5.22. The van der Waals surface area contributed by atoms with Gasteiger partial charge in [0.2, 0.25) is 0 Å². The molecule has 0 aromatic heterocycles. The van der Waals surface area contributed by atoms with Gasteiger partial charge in [0, 0.05) is 12.6 Å². The molecule has 0 radical (unpaired) electrons. The van der Waals surface area contributed by atoms with Gasteiger partial charge >= 0.3 is 6.18 Å². The summed E-state index contributed by atoms with van der Waals surface area (Å²) in [5, 5.41) is 2.87. The van der Waals surface area contributed by atoms with Gasteiger partial charge in [0.1, 0.15) is 0 Å². The minimum atomic E-state index is -4.35. The molecule has 1 aliphatic heterocycles. The van der Waals surface area contributed by atoms with E-state index in [1.807, 2.05) is 0 Å². The van der Waals surface area contributed by atoms with Crippen molar-refractivity contribution >= 4 is 9.84 Å². The van der Waals surface area contributed by atoms with Crippen LogP contribution in [0.5, 0.6) is 0 Å². The van der Waals surface area contributed by atoms with Crippen LogP contribution in [0.15, 0.2) is 0 Å². The summed E-state index contributed by atoms with van der Waals surface area (Å²) < 4.78 is 62.9. The Morgan fingerprint density at radius 2 is 2.12 bits per heavy atom. The molecule has 8 heteroatoms. The second kappa shape index (κ2) is 5.53. The van der Waals surface area contributed by atoms with E-state index in [0.29, 0.717) is 6.42 Å². The third-order valence-electron chi connectivity index (χ3n) is 2.60. The van der Waals surface area contributed by atoms with Crippen LogP contribution in [0.2, 0.25) is 0 Å². The molecule has 0 aromatic carbocycles. The highest BCUT2D eigenvalue weighted by Crippen LogP contribution is 2.21. The number of hydrogen-bond donors (Lipinski definition) is 1. The van der Waals surface area contributed by atoms with Crippen LogP contribution in [-0.2, 0) is 14.6 Å². The fourth-order valence-electron chi connectivity index (χ4n) is 1.55. The topological polar surface area (TPSA) is 55.4 Å². The van der Waals surface area contributed by atoms with Gasteiger partial charge in [-0.15, -0.1) is 0 Å². The first-order valence-corrected chi connectivity index (χ1v) is 7.15. The molecule has 0 amide bonds. The quantitative estimate of drug-likeness (QED) is 0.752. The largest absolute Gasteiger partial charge is 0.414 e. The minimum Gasteiger partial charge on any atom is -0.368 e. The fourth-order valence-corrected chi connectivity index (χ4v) is 3.26. The highest BCUT2D eigenvalue weighted by atomic mass is 32.2. The summed E-state index contributed by atoms with van der Waals surface area (Å²) in [6.07, 6.45) is -5.63. The molecule has 0 aromatic rings. The van der Waals surface area contributed by atoms with Gasteiger partial charge < -0.3 is 10.1 Å². The first-order valence-electron chi connectivity index (χ1n) is 5.33. The van der Waals surface area contributed by atoms with E-state index in [-0.39, 0.29) is 30.7 Å². The van der Waals surface area contributed by atoms with Crippen molar-refractivity contribution < 1.29 is 26.3 Å². The summed E-state index contributed by atoms with van der Waals surface area (Å²) in [5.74, 6) is 0.201. The molecule has 17 heavy (non-hydrogen) atoms. The van der Waals surface area contributed by atoms with Gasteiger partial charge in [-0.3, -0.25) is 0 Å². The predicted molar refractivity (Wildman–Crippen MR) is 56.5 cm³/mol. The van der Waals surface area contributed by atoms with Crippen molar-refractivity contribution in [2.75, 3.05) is 24.7 Å². The van der Waals surface area contributed by atoms with Gasteiger partial charge in [-0.05, 0) is 13.3 Å². The summed E-state index contributed by atoms with van der Waals surface area (Å²) in [7, 11) is -2.96. The van der Waals surface area contributed by atoms with Crippen LogP contribution < -0.4 is 5.32 Å². The van der Waals surface area contributed by atoms with E-state index in [1.54, 1.807) is 0 Å². The lowest BCUT2D eigenvalue weighted by Gasteiger charge is -2.17. The number of nitrogens with one attached hydrogen (secondary N) is 1. The Bertz CT molecular complexity index is 342. The van der Waals surface area contributed by atoms with E-state index >= 15 is 0 Å². The fraction of sp³-hybridized carbons (Fsp3) is 1.00. The maximum absolute atomic E-state index is 12.1. The molecule has 2 atom stereocenters.